The Hall–Kier alpha value is -2.12. The summed E-state index contributed by atoms with van der Waals surface area (Å²) in [4.78, 5) is 12.8. The Morgan fingerprint density at radius 2 is 2.18 bits per heavy atom. The van der Waals surface area contributed by atoms with Crippen molar-refractivity contribution in [2.24, 2.45) is 0 Å². The van der Waals surface area contributed by atoms with Crippen LogP contribution in [0.2, 0.25) is 0 Å². The van der Waals surface area contributed by atoms with Crippen molar-refractivity contribution in [2.45, 2.75) is 13.1 Å². The number of hydrogen-bond donors (Lipinski definition) is 2. The molecule has 0 aliphatic rings. The molecule has 0 saturated heterocycles. The van der Waals surface area contributed by atoms with E-state index in [1.54, 1.807) is 22.7 Å². The minimum atomic E-state index is -0.154. The molecule has 114 valence electrons. The predicted octanol–water partition coefficient (Wildman–Crippen LogP) is 3.17. The first kappa shape index (κ1) is 14.8. The smallest absolute Gasteiger partial charge is 0.315 e. The number of carbonyl (C=O) groups excluding carboxylic acids is 1. The maximum absolute atomic E-state index is 11.7. The molecule has 3 aromatic heterocycles. The van der Waals surface area contributed by atoms with Gasteiger partial charge in [-0.25, -0.2) is 4.79 Å². The third-order valence-electron chi connectivity index (χ3n) is 3.09. The summed E-state index contributed by atoms with van der Waals surface area (Å²) in [6, 6.07) is 7.86. The topological polar surface area (TPSA) is 59.0 Å². The predicted molar refractivity (Wildman–Crippen MR) is 90.1 cm³/mol. The highest BCUT2D eigenvalue weighted by Crippen LogP contribution is 2.19. The van der Waals surface area contributed by atoms with E-state index in [2.05, 4.69) is 21.1 Å². The van der Waals surface area contributed by atoms with Crippen molar-refractivity contribution in [3.8, 4) is 11.3 Å². The van der Waals surface area contributed by atoms with Crippen LogP contribution in [-0.4, -0.2) is 22.4 Å². The van der Waals surface area contributed by atoms with Crippen molar-refractivity contribution < 1.29 is 4.79 Å². The maximum atomic E-state index is 11.7. The quantitative estimate of drug-likeness (QED) is 0.728. The molecule has 7 heteroatoms. The van der Waals surface area contributed by atoms with E-state index in [1.165, 1.54) is 0 Å². The van der Waals surface area contributed by atoms with Crippen LogP contribution in [0.5, 0.6) is 0 Å². The summed E-state index contributed by atoms with van der Waals surface area (Å²) in [5.74, 6) is 0. The second-order valence-electron chi connectivity index (χ2n) is 4.66. The molecule has 0 atom stereocenters. The fourth-order valence-electron chi connectivity index (χ4n) is 1.98. The molecule has 0 aliphatic carbocycles. The largest absolute Gasteiger partial charge is 0.336 e. The summed E-state index contributed by atoms with van der Waals surface area (Å²) >= 11 is 3.29. The van der Waals surface area contributed by atoms with E-state index in [9.17, 15) is 4.79 Å². The van der Waals surface area contributed by atoms with Crippen molar-refractivity contribution in [3.63, 3.8) is 0 Å². The van der Waals surface area contributed by atoms with Crippen LogP contribution >= 0.6 is 22.7 Å². The van der Waals surface area contributed by atoms with E-state index in [4.69, 9.17) is 0 Å². The minimum absolute atomic E-state index is 0.154. The summed E-state index contributed by atoms with van der Waals surface area (Å²) in [6.45, 7) is 1.76. The van der Waals surface area contributed by atoms with Gasteiger partial charge >= 0.3 is 6.03 Å². The molecule has 22 heavy (non-hydrogen) atoms. The van der Waals surface area contributed by atoms with Crippen molar-refractivity contribution in [3.05, 3.63) is 51.5 Å². The first-order valence-corrected chi connectivity index (χ1v) is 8.73. The molecule has 5 nitrogen and oxygen atoms in total. The molecule has 0 aromatic carbocycles. The van der Waals surface area contributed by atoms with E-state index < -0.39 is 0 Å². The van der Waals surface area contributed by atoms with Crippen LogP contribution in [0.25, 0.3) is 11.3 Å². The Kier molecular flexibility index (Phi) is 4.87. The number of hydrogen-bond acceptors (Lipinski definition) is 4. The zero-order valence-electron chi connectivity index (χ0n) is 11.9. The van der Waals surface area contributed by atoms with Gasteiger partial charge in [0.1, 0.15) is 0 Å². The molecule has 0 spiro atoms. The van der Waals surface area contributed by atoms with Crippen molar-refractivity contribution >= 4 is 28.7 Å². The number of amides is 2. The zero-order valence-corrected chi connectivity index (χ0v) is 13.5. The number of nitrogens with zero attached hydrogens (tertiary/aromatic N) is 2. The summed E-state index contributed by atoms with van der Waals surface area (Å²) in [7, 11) is 0. The summed E-state index contributed by atoms with van der Waals surface area (Å²) in [6.07, 6.45) is 1.93. The van der Waals surface area contributed by atoms with Crippen molar-refractivity contribution in [1.82, 2.24) is 20.4 Å². The van der Waals surface area contributed by atoms with Crippen LogP contribution in [0.3, 0.4) is 0 Å². The minimum Gasteiger partial charge on any atom is -0.336 e. The fraction of sp³-hybridized carbons (Fsp3) is 0.200. The van der Waals surface area contributed by atoms with Gasteiger partial charge in [-0.05, 0) is 29.0 Å². The highest BCUT2D eigenvalue weighted by Gasteiger charge is 2.04. The maximum Gasteiger partial charge on any atom is 0.315 e. The van der Waals surface area contributed by atoms with Crippen LogP contribution in [0, 0.1) is 0 Å². The number of thiophene rings is 2. The number of aromatic nitrogens is 2. The first-order chi connectivity index (χ1) is 10.8. The Bertz CT molecular complexity index is 704. The highest BCUT2D eigenvalue weighted by molar-refractivity contribution is 7.09. The molecule has 0 unspecified atom stereocenters. The fourth-order valence-corrected chi connectivity index (χ4v) is 3.27. The van der Waals surface area contributed by atoms with Gasteiger partial charge in [0.25, 0.3) is 0 Å². The average molecular weight is 332 g/mol. The summed E-state index contributed by atoms with van der Waals surface area (Å²) < 4.78 is 1.84. The molecule has 0 saturated carbocycles. The van der Waals surface area contributed by atoms with Gasteiger partial charge in [-0.1, -0.05) is 6.07 Å². The van der Waals surface area contributed by atoms with E-state index in [0.717, 1.165) is 16.1 Å². The molecule has 0 aliphatic heterocycles. The summed E-state index contributed by atoms with van der Waals surface area (Å²) in [5, 5.41) is 16.3. The lowest BCUT2D eigenvalue weighted by molar-refractivity contribution is 0.240. The Morgan fingerprint density at radius 3 is 2.95 bits per heavy atom. The van der Waals surface area contributed by atoms with Gasteiger partial charge in [0.2, 0.25) is 0 Å². The molecule has 0 fully saturated rings. The number of carbonyl (C=O) groups is 1. The number of nitrogens with one attached hydrogen (secondary N) is 2. The molecule has 3 aromatic rings. The van der Waals surface area contributed by atoms with E-state index in [1.807, 2.05) is 45.9 Å². The first-order valence-electron chi connectivity index (χ1n) is 6.91. The molecule has 2 N–H and O–H groups in total. The highest BCUT2D eigenvalue weighted by atomic mass is 32.1. The monoisotopic (exact) mass is 332 g/mol. The molecule has 3 heterocycles. The van der Waals surface area contributed by atoms with Crippen LogP contribution in [0.1, 0.15) is 4.88 Å². The lowest BCUT2D eigenvalue weighted by atomic mass is 10.2. The zero-order chi connectivity index (χ0) is 15.2. The standard InChI is InChI=1S/C15H16N4OS2/c20-15(17-10-13-2-1-8-22-13)16-5-7-19-6-3-14(18-19)12-4-9-21-11-12/h1-4,6,8-9,11H,5,7,10H2,(H2,16,17,20). The average Bonchev–Trinajstić information content (AvgIpc) is 3.26. The summed E-state index contributed by atoms with van der Waals surface area (Å²) in [5.41, 5.74) is 2.09. The molecule has 2 amide bonds. The molecule has 0 bridgehead atoms. The Balaban J connectivity index is 1.40. The van der Waals surface area contributed by atoms with Crippen molar-refractivity contribution in [1.29, 1.82) is 0 Å². The van der Waals surface area contributed by atoms with Gasteiger partial charge in [-0.2, -0.15) is 16.4 Å². The van der Waals surface area contributed by atoms with Crippen LogP contribution in [0.15, 0.2) is 46.6 Å². The third kappa shape index (κ3) is 3.96. The van der Waals surface area contributed by atoms with Crippen LogP contribution in [-0.2, 0) is 13.1 Å². The molecular formula is C15H16N4OS2. The van der Waals surface area contributed by atoms with E-state index in [0.29, 0.717) is 19.6 Å². The second kappa shape index (κ2) is 7.24. The number of rotatable bonds is 6. The molecule has 3 rings (SSSR count). The second-order valence-corrected chi connectivity index (χ2v) is 6.48. The van der Waals surface area contributed by atoms with E-state index >= 15 is 0 Å². The van der Waals surface area contributed by atoms with Gasteiger partial charge in [-0.15, -0.1) is 11.3 Å². The Labute approximate surface area is 136 Å². The normalized spacial score (nSPS) is 10.5. The van der Waals surface area contributed by atoms with Gasteiger partial charge in [0, 0.05) is 28.6 Å². The lowest BCUT2D eigenvalue weighted by Crippen LogP contribution is -2.36. The van der Waals surface area contributed by atoms with Gasteiger partial charge < -0.3 is 10.6 Å². The van der Waals surface area contributed by atoms with Gasteiger partial charge in [0.05, 0.1) is 18.8 Å². The van der Waals surface area contributed by atoms with Gasteiger partial charge in [0.15, 0.2) is 0 Å². The molecular weight excluding hydrogens is 316 g/mol. The molecule has 0 radical (unpaired) electrons. The van der Waals surface area contributed by atoms with Crippen LogP contribution in [0.4, 0.5) is 4.79 Å². The lowest BCUT2D eigenvalue weighted by Gasteiger charge is -2.06. The van der Waals surface area contributed by atoms with E-state index in [-0.39, 0.29) is 6.03 Å². The van der Waals surface area contributed by atoms with Gasteiger partial charge in [-0.3, -0.25) is 4.68 Å². The van der Waals surface area contributed by atoms with Crippen LogP contribution < -0.4 is 10.6 Å². The number of urea groups is 1. The SMILES string of the molecule is O=C(NCCn1ccc(-c2ccsc2)n1)NCc1cccs1. The Morgan fingerprint density at radius 1 is 1.23 bits per heavy atom. The third-order valence-corrected chi connectivity index (χ3v) is 4.65. The van der Waals surface area contributed by atoms with Crippen molar-refractivity contribution in [2.75, 3.05) is 6.54 Å².